The van der Waals surface area contributed by atoms with Crippen molar-refractivity contribution in [3.8, 4) is 0 Å². The van der Waals surface area contributed by atoms with E-state index in [0.29, 0.717) is 30.9 Å². The van der Waals surface area contributed by atoms with Crippen LogP contribution in [0, 0.1) is 5.92 Å². The lowest BCUT2D eigenvalue weighted by Gasteiger charge is -2.47. The van der Waals surface area contributed by atoms with E-state index in [-0.39, 0.29) is 30.6 Å². The number of piperidine rings is 1. The predicted octanol–water partition coefficient (Wildman–Crippen LogP) is 2.00. The molecule has 0 bridgehead atoms. The van der Waals surface area contributed by atoms with E-state index in [4.69, 9.17) is 0 Å². The largest absolute Gasteiger partial charge is 0.389 e. The number of amides is 5. The molecule has 2 aliphatic heterocycles. The number of urea groups is 1. The van der Waals surface area contributed by atoms with Gasteiger partial charge >= 0.3 is 6.03 Å². The molecule has 1 aliphatic carbocycles. The second kappa shape index (κ2) is 8.90. The van der Waals surface area contributed by atoms with Crippen LogP contribution < -0.4 is 15.5 Å². The Kier molecular flexibility index (Phi) is 6.19. The molecule has 3 fully saturated rings. The first kappa shape index (κ1) is 22.3. The first-order valence-electron chi connectivity index (χ1n) is 11.3. The molecule has 9 heteroatoms. The van der Waals surface area contributed by atoms with Crippen molar-refractivity contribution in [2.75, 3.05) is 23.3 Å². The van der Waals surface area contributed by atoms with Crippen molar-refractivity contribution in [1.29, 1.82) is 0 Å². The minimum atomic E-state index is -0.771. The first-order chi connectivity index (χ1) is 15.3. The zero-order chi connectivity index (χ0) is 22.9. The van der Waals surface area contributed by atoms with Gasteiger partial charge in [-0.05, 0) is 43.9 Å². The summed E-state index contributed by atoms with van der Waals surface area (Å²) >= 11 is 0. The summed E-state index contributed by atoms with van der Waals surface area (Å²) in [6.45, 7) is 2.46. The highest BCUT2D eigenvalue weighted by Gasteiger charge is 2.44. The van der Waals surface area contributed by atoms with E-state index < -0.39 is 23.6 Å². The third-order valence-electron chi connectivity index (χ3n) is 6.87. The van der Waals surface area contributed by atoms with Gasteiger partial charge in [-0.3, -0.25) is 14.4 Å². The highest BCUT2D eigenvalue weighted by Crippen LogP contribution is 2.40. The predicted molar refractivity (Wildman–Crippen MR) is 118 cm³/mol. The molecule has 5 amide bonds. The number of carbonyl (C=O) groups excluding carboxylic acids is 4. The van der Waals surface area contributed by atoms with Gasteiger partial charge in [0.2, 0.25) is 11.8 Å². The quantitative estimate of drug-likeness (QED) is 0.603. The molecule has 172 valence electrons. The molecule has 2 saturated heterocycles. The lowest BCUT2D eigenvalue weighted by atomic mass is 9.71. The molecule has 0 radical (unpaired) electrons. The second-order valence-corrected chi connectivity index (χ2v) is 9.08. The number of carbonyl (C=O) groups is 4. The highest BCUT2D eigenvalue weighted by atomic mass is 16.3. The van der Waals surface area contributed by atoms with E-state index in [2.05, 4.69) is 10.6 Å². The van der Waals surface area contributed by atoms with Crippen molar-refractivity contribution in [1.82, 2.24) is 10.2 Å². The topological polar surface area (TPSA) is 119 Å². The smallest absolute Gasteiger partial charge is 0.329 e. The maximum absolute atomic E-state index is 12.9. The molecule has 3 atom stereocenters. The fourth-order valence-electron chi connectivity index (χ4n) is 5.12. The molecule has 3 N–H and O–H groups in total. The molecule has 2 heterocycles. The Morgan fingerprint density at radius 3 is 2.84 bits per heavy atom. The standard InChI is InChI=1S/C23H30N4O5/c1-15(28)24-17-6-4-7-18(13-17)27-21(30)19(25-22(27)31)8-9-20(29)26-12-11-23(32)10-3-2-5-16(23)14-26/h4,6-7,13,16,19,32H,2-3,5,8-12,14H2,1H3,(H,24,28)(H,25,31)/t16-,19-,23+/m0/s1. The van der Waals surface area contributed by atoms with Gasteiger partial charge in [0, 0.05) is 38.0 Å². The molecular weight excluding hydrogens is 412 g/mol. The average Bonchev–Trinajstić information content (AvgIpc) is 3.04. The van der Waals surface area contributed by atoms with Gasteiger partial charge in [-0.1, -0.05) is 18.9 Å². The van der Waals surface area contributed by atoms with Crippen LogP contribution in [-0.2, 0) is 14.4 Å². The fourth-order valence-corrected chi connectivity index (χ4v) is 5.12. The van der Waals surface area contributed by atoms with Crippen molar-refractivity contribution in [2.45, 2.75) is 63.5 Å². The summed E-state index contributed by atoms with van der Waals surface area (Å²) in [6.07, 6.45) is 4.83. The maximum Gasteiger partial charge on any atom is 0.329 e. The van der Waals surface area contributed by atoms with Crippen LogP contribution in [0.25, 0.3) is 0 Å². The van der Waals surface area contributed by atoms with Crippen molar-refractivity contribution < 1.29 is 24.3 Å². The van der Waals surface area contributed by atoms with Gasteiger partial charge in [0.1, 0.15) is 6.04 Å². The number of aliphatic hydroxyl groups is 1. The summed E-state index contributed by atoms with van der Waals surface area (Å²) in [5.41, 5.74) is 0.207. The fraction of sp³-hybridized carbons (Fsp3) is 0.565. The van der Waals surface area contributed by atoms with Crippen LogP contribution in [-0.4, -0.2) is 58.5 Å². The van der Waals surface area contributed by atoms with Gasteiger partial charge in [-0.2, -0.15) is 0 Å². The Hall–Kier alpha value is -2.94. The number of benzene rings is 1. The molecular formula is C23H30N4O5. The summed E-state index contributed by atoms with van der Waals surface area (Å²) in [7, 11) is 0. The van der Waals surface area contributed by atoms with Crippen LogP contribution in [0.5, 0.6) is 0 Å². The number of fused-ring (bicyclic) bond motifs is 1. The molecule has 0 aromatic heterocycles. The number of hydrogen-bond donors (Lipinski definition) is 3. The third kappa shape index (κ3) is 4.48. The zero-order valence-electron chi connectivity index (χ0n) is 18.3. The molecule has 4 rings (SSSR count). The summed E-state index contributed by atoms with van der Waals surface area (Å²) in [4.78, 5) is 52.2. The van der Waals surface area contributed by atoms with E-state index in [9.17, 15) is 24.3 Å². The Balaban J connectivity index is 1.35. The van der Waals surface area contributed by atoms with Crippen LogP contribution in [0.1, 0.15) is 51.9 Å². The van der Waals surface area contributed by atoms with Gasteiger partial charge in [-0.15, -0.1) is 0 Å². The van der Waals surface area contributed by atoms with E-state index in [1.165, 1.54) is 6.92 Å². The monoisotopic (exact) mass is 442 g/mol. The van der Waals surface area contributed by atoms with Crippen molar-refractivity contribution >= 4 is 35.1 Å². The Morgan fingerprint density at radius 2 is 2.06 bits per heavy atom. The molecule has 1 aromatic carbocycles. The van der Waals surface area contributed by atoms with Gasteiger partial charge in [0.25, 0.3) is 5.91 Å². The van der Waals surface area contributed by atoms with E-state index in [1.807, 2.05) is 0 Å². The molecule has 0 spiro atoms. The molecule has 9 nitrogen and oxygen atoms in total. The van der Waals surface area contributed by atoms with E-state index in [1.54, 1.807) is 29.2 Å². The van der Waals surface area contributed by atoms with E-state index in [0.717, 1.165) is 30.6 Å². The van der Waals surface area contributed by atoms with Crippen molar-refractivity contribution in [3.05, 3.63) is 24.3 Å². The van der Waals surface area contributed by atoms with Crippen LogP contribution >= 0.6 is 0 Å². The highest BCUT2D eigenvalue weighted by molar-refractivity contribution is 6.21. The zero-order valence-corrected chi connectivity index (χ0v) is 18.3. The van der Waals surface area contributed by atoms with Crippen molar-refractivity contribution in [3.63, 3.8) is 0 Å². The Morgan fingerprint density at radius 1 is 1.25 bits per heavy atom. The molecule has 1 aromatic rings. The number of rotatable bonds is 5. The Bertz CT molecular complexity index is 935. The molecule has 32 heavy (non-hydrogen) atoms. The van der Waals surface area contributed by atoms with Gasteiger partial charge in [0.05, 0.1) is 11.3 Å². The number of imide groups is 1. The number of likely N-dealkylation sites (tertiary alicyclic amines) is 1. The van der Waals surface area contributed by atoms with Gasteiger partial charge < -0.3 is 20.6 Å². The lowest BCUT2D eigenvalue weighted by Crippen LogP contribution is -2.54. The second-order valence-electron chi connectivity index (χ2n) is 9.08. The number of nitrogens with one attached hydrogen (secondary N) is 2. The normalized spacial score (nSPS) is 27.7. The minimum absolute atomic E-state index is 0.0502. The SMILES string of the molecule is CC(=O)Nc1cccc(N2C(=O)N[C@@H](CCC(=O)N3CC[C@]4(O)CCCC[C@H]4C3)C2=O)c1. The first-order valence-corrected chi connectivity index (χ1v) is 11.3. The Labute approximate surface area is 187 Å². The van der Waals surface area contributed by atoms with Crippen LogP contribution in [0.4, 0.5) is 16.2 Å². The lowest BCUT2D eigenvalue weighted by molar-refractivity contribution is -0.143. The minimum Gasteiger partial charge on any atom is -0.389 e. The maximum atomic E-state index is 12.9. The van der Waals surface area contributed by atoms with Crippen LogP contribution in [0.15, 0.2) is 24.3 Å². The summed E-state index contributed by atoms with van der Waals surface area (Å²) in [6, 6.07) is 5.19. The number of anilines is 2. The average molecular weight is 443 g/mol. The molecule has 0 unspecified atom stereocenters. The van der Waals surface area contributed by atoms with Crippen molar-refractivity contribution in [2.24, 2.45) is 5.92 Å². The van der Waals surface area contributed by atoms with Crippen LogP contribution in [0.3, 0.4) is 0 Å². The number of hydrogen-bond acceptors (Lipinski definition) is 5. The summed E-state index contributed by atoms with van der Waals surface area (Å²) in [5, 5.41) is 16.1. The third-order valence-corrected chi connectivity index (χ3v) is 6.87. The van der Waals surface area contributed by atoms with E-state index >= 15 is 0 Å². The van der Waals surface area contributed by atoms with Gasteiger partial charge in [-0.25, -0.2) is 9.69 Å². The molecule has 1 saturated carbocycles. The summed E-state index contributed by atoms with van der Waals surface area (Å²) in [5.74, 6) is -0.595. The number of nitrogens with zero attached hydrogens (tertiary/aromatic N) is 2. The summed E-state index contributed by atoms with van der Waals surface area (Å²) < 4.78 is 0. The van der Waals surface area contributed by atoms with Gasteiger partial charge in [0.15, 0.2) is 0 Å². The van der Waals surface area contributed by atoms with Crippen LogP contribution in [0.2, 0.25) is 0 Å². The molecule has 3 aliphatic rings.